The fourth-order valence-electron chi connectivity index (χ4n) is 1.21. The summed E-state index contributed by atoms with van der Waals surface area (Å²) >= 11 is 0. The molecule has 0 radical (unpaired) electrons. The number of aliphatic hydroxyl groups excluding tert-OH is 1. The SMILES string of the molecule is CCOC(=O)NS(=O)(=O)Nc1ccc(C#CCO)cc1. The third kappa shape index (κ3) is 5.60. The third-order valence-electron chi connectivity index (χ3n) is 1.94. The molecule has 0 aromatic heterocycles. The number of rotatable bonds is 4. The van der Waals surface area contributed by atoms with Crippen LogP contribution in [0.25, 0.3) is 0 Å². The van der Waals surface area contributed by atoms with Gasteiger partial charge in [0.25, 0.3) is 0 Å². The van der Waals surface area contributed by atoms with Gasteiger partial charge in [-0.25, -0.2) is 9.52 Å². The van der Waals surface area contributed by atoms with Crippen molar-refractivity contribution in [1.82, 2.24) is 4.72 Å². The number of nitrogens with one attached hydrogen (secondary N) is 2. The number of benzene rings is 1. The van der Waals surface area contributed by atoms with Crippen molar-refractivity contribution in [2.75, 3.05) is 17.9 Å². The molecule has 3 N–H and O–H groups in total. The third-order valence-corrected chi connectivity index (χ3v) is 2.88. The molecule has 1 aromatic carbocycles. The van der Waals surface area contributed by atoms with Crippen LogP contribution in [0.4, 0.5) is 10.5 Å². The number of hydrogen-bond acceptors (Lipinski definition) is 5. The molecular weight excluding hydrogens is 284 g/mol. The first-order chi connectivity index (χ1) is 9.46. The second-order valence-electron chi connectivity index (χ2n) is 3.47. The molecule has 0 bridgehead atoms. The highest BCUT2D eigenvalue weighted by Gasteiger charge is 2.14. The van der Waals surface area contributed by atoms with E-state index in [4.69, 9.17) is 5.11 Å². The number of aliphatic hydroxyl groups is 1. The lowest BCUT2D eigenvalue weighted by molar-refractivity contribution is 0.159. The Bertz CT molecular complexity index is 613. The zero-order valence-corrected chi connectivity index (χ0v) is 11.5. The number of carbonyl (C=O) groups excluding carboxylic acids is 1. The Labute approximate surface area is 117 Å². The van der Waals surface area contributed by atoms with Crippen molar-refractivity contribution in [3.8, 4) is 11.8 Å². The van der Waals surface area contributed by atoms with Gasteiger partial charge in [-0.05, 0) is 31.2 Å². The highest BCUT2D eigenvalue weighted by Crippen LogP contribution is 2.10. The number of carbonyl (C=O) groups is 1. The van der Waals surface area contributed by atoms with E-state index in [1.54, 1.807) is 23.8 Å². The van der Waals surface area contributed by atoms with Crippen LogP contribution in [-0.2, 0) is 14.9 Å². The van der Waals surface area contributed by atoms with E-state index >= 15 is 0 Å². The number of amides is 1. The first-order valence-electron chi connectivity index (χ1n) is 5.64. The van der Waals surface area contributed by atoms with Gasteiger partial charge < -0.3 is 9.84 Å². The van der Waals surface area contributed by atoms with Crippen LogP contribution in [0.15, 0.2) is 24.3 Å². The summed E-state index contributed by atoms with van der Waals surface area (Å²) < 4.78 is 31.4. The summed E-state index contributed by atoms with van der Waals surface area (Å²) in [7, 11) is -4.04. The van der Waals surface area contributed by atoms with Crippen molar-refractivity contribution < 1.29 is 23.1 Å². The van der Waals surface area contributed by atoms with Crippen LogP contribution in [0.3, 0.4) is 0 Å². The fraction of sp³-hybridized carbons (Fsp3) is 0.250. The zero-order valence-electron chi connectivity index (χ0n) is 10.7. The van der Waals surface area contributed by atoms with Crippen LogP contribution >= 0.6 is 0 Å². The van der Waals surface area contributed by atoms with Crippen molar-refractivity contribution in [3.63, 3.8) is 0 Å². The summed E-state index contributed by atoms with van der Waals surface area (Å²) in [6.45, 7) is 1.38. The first kappa shape index (κ1) is 15.8. The standard InChI is InChI=1S/C12H14N2O5S/c1-2-19-12(16)14-20(17,18)13-11-7-5-10(6-8-11)4-3-9-15/h5-8,13,15H,2,9H2,1H3,(H,14,16). The highest BCUT2D eigenvalue weighted by atomic mass is 32.2. The molecular formula is C12H14N2O5S. The average Bonchev–Trinajstić information content (AvgIpc) is 2.37. The first-order valence-corrected chi connectivity index (χ1v) is 7.12. The van der Waals surface area contributed by atoms with E-state index in [-0.39, 0.29) is 18.9 Å². The second kappa shape index (κ2) is 7.37. The lowest BCUT2D eigenvalue weighted by Gasteiger charge is -2.09. The molecule has 0 aliphatic heterocycles. The molecule has 8 heteroatoms. The lowest BCUT2D eigenvalue weighted by Crippen LogP contribution is -2.35. The van der Waals surface area contributed by atoms with Gasteiger partial charge in [-0.1, -0.05) is 11.8 Å². The van der Waals surface area contributed by atoms with Crippen molar-refractivity contribution in [3.05, 3.63) is 29.8 Å². The van der Waals surface area contributed by atoms with E-state index in [0.29, 0.717) is 5.56 Å². The van der Waals surface area contributed by atoms with Crippen LogP contribution in [-0.4, -0.2) is 32.8 Å². The minimum Gasteiger partial charge on any atom is -0.449 e. The lowest BCUT2D eigenvalue weighted by atomic mass is 10.2. The zero-order chi connectivity index (χ0) is 15.0. The molecule has 7 nitrogen and oxygen atoms in total. The Morgan fingerprint density at radius 1 is 1.35 bits per heavy atom. The topological polar surface area (TPSA) is 105 Å². The van der Waals surface area contributed by atoms with Crippen LogP contribution < -0.4 is 9.44 Å². The van der Waals surface area contributed by atoms with Crippen LogP contribution in [0.2, 0.25) is 0 Å². The Hall–Kier alpha value is -2.24. The maximum absolute atomic E-state index is 11.6. The van der Waals surface area contributed by atoms with Gasteiger partial charge in [-0.3, -0.25) is 4.72 Å². The van der Waals surface area contributed by atoms with Crippen molar-refractivity contribution >= 4 is 22.0 Å². The van der Waals surface area contributed by atoms with Crippen molar-refractivity contribution in [2.24, 2.45) is 0 Å². The molecule has 0 saturated heterocycles. The molecule has 20 heavy (non-hydrogen) atoms. The normalized spacial score (nSPS) is 10.1. The molecule has 0 fully saturated rings. The molecule has 0 atom stereocenters. The van der Waals surface area contributed by atoms with E-state index in [0.717, 1.165) is 0 Å². The smallest absolute Gasteiger partial charge is 0.422 e. The molecule has 1 aromatic rings. The van der Waals surface area contributed by atoms with Crippen LogP contribution in [0.1, 0.15) is 12.5 Å². The quantitative estimate of drug-likeness (QED) is 0.699. The summed E-state index contributed by atoms with van der Waals surface area (Å²) in [5.74, 6) is 5.13. The average molecular weight is 298 g/mol. The fourth-order valence-corrected chi connectivity index (χ4v) is 1.99. The molecule has 108 valence electrons. The summed E-state index contributed by atoms with van der Waals surface area (Å²) in [5.41, 5.74) is 0.886. The van der Waals surface area contributed by atoms with Crippen LogP contribution in [0, 0.1) is 11.8 Å². The Morgan fingerprint density at radius 3 is 2.55 bits per heavy atom. The number of hydrogen-bond donors (Lipinski definition) is 3. The Kier molecular flexibility index (Phi) is 5.83. The van der Waals surface area contributed by atoms with E-state index in [1.807, 2.05) is 0 Å². The van der Waals surface area contributed by atoms with Gasteiger partial charge in [0.1, 0.15) is 6.61 Å². The van der Waals surface area contributed by atoms with Gasteiger partial charge in [0.15, 0.2) is 0 Å². The minimum absolute atomic E-state index is 0.0690. The summed E-state index contributed by atoms with van der Waals surface area (Å²) in [5, 5.41) is 8.55. The van der Waals surface area contributed by atoms with Gasteiger partial charge in [0, 0.05) is 5.56 Å². The summed E-state index contributed by atoms with van der Waals surface area (Å²) in [6.07, 6.45) is -1.05. The van der Waals surface area contributed by atoms with Gasteiger partial charge in [0.05, 0.1) is 12.3 Å². The minimum atomic E-state index is -4.04. The molecule has 0 aliphatic carbocycles. The maximum Gasteiger partial charge on any atom is 0.422 e. The molecule has 0 unspecified atom stereocenters. The van der Waals surface area contributed by atoms with Gasteiger partial charge in [-0.15, -0.1) is 0 Å². The summed E-state index contributed by atoms with van der Waals surface area (Å²) in [4.78, 5) is 11.0. The molecule has 0 heterocycles. The van der Waals surface area contributed by atoms with Gasteiger partial charge in [0.2, 0.25) is 0 Å². The predicted molar refractivity (Wildman–Crippen MR) is 73.1 cm³/mol. The molecule has 1 amide bonds. The molecule has 0 saturated carbocycles. The monoisotopic (exact) mass is 298 g/mol. The maximum atomic E-state index is 11.6. The van der Waals surface area contributed by atoms with Gasteiger partial charge in [-0.2, -0.15) is 8.42 Å². The number of ether oxygens (including phenoxy) is 1. The van der Waals surface area contributed by atoms with E-state index in [9.17, 15) is 13.2 Å². The second-order valence-corrected chi connectivity index (χ2v) is 4.88. The van der Waals surface area contributed by atoms with Crippen molar-refractivity contribution in [1.29, 1.82) is 0 Å². The van der Waals surface area contributed by atoms with Gasteiger partial charge >= 0.3 is 16.3 Å². The summed E-state index contributed by atoms with van der Waals surface area (Å²) in [6, 6.07) is 6.10. The van der Waals surface area contributed by atoms with Crippen molar-refractivity contribution in [2.45, 2.75) is 6.92 Å². The predicted octanol–water partition coefficient (Wildman–Crippen LogP) is 0.433. The van der Waals surface area contributed by atoms with Crippen LogP contribution in [0.5, 0.6) is 0 Å². The molecule has 0 spiro atoms. The van der Waals surface area contributed by atoms with E-state index in [2.05, 4.69) is 21.3 Å². The molecule has 0 aliphatic rings. The largest absolute Gasteiger partial charge is 0.449 e. The highest BCUT2D eigenvalue weighted by molar-refractivity contribution is 7.91. The Morgan fingerprint density at radius 2 is 2.00 bits per heavy atom. The molecule has 1 rings (SSSR count). The number of anilines is 1. The van der Waals surface area contributed by atoms with E-state index < -0.39 is 16.3 Å². The van der Waals surface area contributed by atoms with E-state index in [1.165, 1.54) is 12.1 Å². The Balaban J connectivity index is 2.70.